The predicted molar refractivity (Wildman–Crippen MR) is 516 cm³/mol. The number of aliphatic carboxylic acids is 5. The lowest BCUT2D eigenvalue weighted by Crippen LogP contribution is -2.35. The van der Waals surface area contributed by atoms with Crippen LogP contribution in [0.3, 0.4) is 0 Å². The van der Waals surface area contributed by atoms with Gasteiger partial charge in [0.05, 0.1) is 122 Å². The Morgan fingerprint density at radius 3 is 1.40 bits per heavy atom. The normalized spacial score (nSPS) is 38.0. The third kappa shape index (κ3) is 22.9. The van der Waals surface area contributed by atoms with E-state index in [2.05, 4.69) is 64.2 Å². The summed E-state index contributed by atoms with van der Waals surface area (Å²) in [7, 11) is 1.51. The third-order valence-corrected chi connectivity index (χ3v) is 40.1. The Bertz CT molecular complexity index is 5700. The van der Waals surface area contributed by atoms with Gasteiger partial charge < -0.3 is 60.1 Å². The van der Waals surface area contributed by atoms with Crippen LogP contribution < -0.4 is 5.73 Å². The van der Waals surface area contributed by atoms with Gasteiger partial charge >= 0.3 is 59.7 Å². The fourth-order valence-corrected chi connectivity index (χ4v) is 32.7. The number of hydrogen-bond donors (Lipinski definition) is 7. The van der Waals surface area contributed by atoms with Crippen LogP contribution >= 0.6 is 15.9 Å². The van der Waals surface area contributed by atoms with Gasteiger partial charge in [0.25, 0.3) is 10.0 Å². The number of rotatable bonds is 17. The Hall–Kier alpha value is -10.0. The number of aliphatic hydroxyl groups is 1. The largest absolute Gasteiger partial charge is 0.481 e. The average Bonchev–Trinajstić information content (AvgIpc) is 1.57. The molecule has 4 heterocycles. The van der Waals surface area contributed by atoms with Crippen molar-refractivity contribution in [3.63, 3.8) is 0 Å². The van der Waals surface area contributed by atoms with E-state index in [4.69, 9.17) is 35.6 Å². The molecule has 33 nitrogen and oxygen atoms in total. The van der Waals surface area contributed by atoms with Gasteiger partial charge in [-0.15, -0.1) is 0 Å². The van der Waals surface area contributed by atoms with Crippen LogP contribution in [0.5, 0.6) is 0 Å². The number of benzene rings is 1. The molecule has 1 saturated heterocycles. The van der Waals surface area contributed by atoms with Crippen molar-refractivity contribution in [3.05, 3.63) is 84.0 Å². The minimum Gasteiger partial charge on any atom is -0.481 e. The number of aryl methyl sites for hydroxylation is 1. The van der Waals surface area contributed by atoms with Crippen LogP contribution in [-0.2, 0) is 112 Å². The minimum atomic E-state index is -4.09. The van der Waals surface area contributed by atoms with Crippen molar-refractivity contribution in [2.45, 2.75) is 241 Å². The number of nitrogens with two attached hydrogens (primary N) is 1. The number of aliphatic hydroxyl groups excluding tert-OH is 1. The van der Waals surface area contributed by atoms with Gasteiger partial charge in [0, 0.05) is 79.5 Å². The number of carboxylic acids is 5. The van der Waals surface area contributed by atoms with Crippen molar-refractivity contribution in [1.29, 1.82) is 0 Å². The number of carbonyl (C=O) groups is 15. The number of esters is 5. The van der Waals surface area contributed by atoms with Gasteiger partial charge in [-0.2, -0.15) is 0 Å². The Labute approximate surface area is 849 Å². The van der Waals surface area contributed by atoms with Crippen molar-refractivity contribution in [3.8, 4) is 11.4 Å². The molecule has 25 rings (SSSR count). The highest BCUT2D eigenvalue weighted by Crippen LogP contribution is 2.60. The molecule has 20 bridgehead atoms. The molecule has 1 aliphatic heterocycles. The van der Waals surface area contributed by atoms with Crippen molar-refractivity contribution in [2.75, 3.05) is 28.4 Å². The number of methoxy groups -OCH3 is 4. The molecule has 145 heavy (non-hydrogen) atoms. The number of alkyl halides is 1. The molecule has 37 unspecified atom stereocenters. The van der Waals surface area contributed by atoms with E-state index in [9.17, 15) is 99.3 Å². The maximum Gasteiger partial charge on any atom is 0.309 e. The molecule has 4 aromatic rings. The van der Waals surface area contributed by atoms with Crippen molar-refractivity contribution in [1.82, 2.24) is 18.9 Å². The van der Waals surface area contributed by atoms with E-state index in [1.54, 1.807) is 12.1 Å². The number of ether oxygens (including phenoxy) is 5. The highest BCUT2D eigenvalue weighted by atomic mass is 79.9. The number of hydrogen-bond acceptors (Lipinski definition) is 27. The summed E-state index contributed by atoms with van der Waals surface area (Å²) in [4.78, 5) is 180. The fraction of sp³-hybridized carbons (Fsp3) is 0.685. The summed E-state index contributed by atoms with van der Waals surface area (Å²) in [6, 6.07) is 7.62. The van der Waals surface area contributed by atoms with Crippen LogP contribution in [0.15, 0.2) is 66.0 Å². The number of ketones is 5. The molecule has 37 atom stereocenters. The molecule has 3 aromatic heterocycles. The maximum atomic E-state index is 14.8. The van der Waals surface area contributed by atoms with Crippen LogP contribution in [0, 0.1) is 214 Å². The van der Waals surface area contributed by atoms with Crippen LogP contribution in [0.4, 0.5) is 8.78 Å². The van der Waals surface area contributed by atoms with Gasteiger partial charge in [-0.1, -0.05) is 52.7 Å². The van der Waals surface area contributed by atoms with Crippen LogP contribution in [-0.4, -0.2) is 198 Å². The molecular weight excluding hydrogens is 1970 g/mol. The van der Waals surface area contributed by atoms with E-state index in [0.717, 1.165) is 169 Å². The van der Waals surface area contributed by atoms with Gasteiger partial charge in [0.1, 0.15) is 29.3 Å². The van der Waals surface area contributed by atoms with Crippen LogP contribution in [0.1, 0.15) is 211 Å². The molecule has 19 saturated carbocycles. The van der Waals surface area contributed by atoms with Gasteiger partial charge in [0.2, 0.25) is 0 Å². The second-order valence-corrected chi connectivity index (χ2v) is 48.6. The van der Waals surface area contributed by atoms with E-state index < -0.39 is 57.4 Å². The zero-order valence-electron chi connectivity index (χ0n) is 82.9. The molecular formula is C108H136BrF2N5O28S. The molecule has 37 heteroatoms. The molecule has 0 radical (unpaired) electrons. The standard InChI is InChI=1S/C27H24F2N4O4S.C13H18O4.C9H14O3.2C9H12O3.C9H14O2.C8H9BrO2.C8H13NO2.C8H10O3.C8H10O2/c1-14-2-4-18(5-3-14)38(36,37)33-13-22(20-10-17(28)11-31-26(20)33)25-30-12-23(29)24(32-25)9-16-6-15-7-19(16)21(8-15)27(34)35;1-7(14)12(15)6-9-3-8-4-10(9)11(5-8)13(16)17-2;3*1-12-9(11)7-3-5-2-6(7)8(10)4-5;1-5-2-6-3-7(5)8(4-6)9(10)11;9-6-3-1-4-5(2-3)8(10)11-7(4)6;2*9-7-3-4-1-5(7)6(2-4)8(10)11;9-8(10)7-4-5-1-2-6(7)3-5/h2-5,10-13,15-16,19,21H,6-9H2,1H3,(H,34,35);8-11H,3-6H2,1-2H3;5-8,10H,2-4H2,1H3;2*5-7H,2-4H2,1H3;5-8H,2-4H2,1H3,(H,10,11);3-7H,1-2H2;4-7H,1-3,9H2,(H,10,11);4-6H,1-3H2,(H,10,11);1-2,5-7H,3-4H2,(H,9,10). The first-order valence-corrected chi connectivity index (χ1v) is 54.3. The van der Waals surface area contributed by atoms with Crippen LogP contribution in [0.25, 0.3) is 22.4 Å². The molecule has 20 aliphatic carbocycles. The summed E-state index contributed by atoms with van der Waals surface area (Å²) in [6.45, 7) is 5.35. The first-order valence-electron chi connectivity index (χ1n) is 51.9. The molecule has 21 aliphatic rings. The zero-order valence-corrected chi connectivity index (χ0v) is 85.3. The summed E-state index contributed by atoms with van der Waals surface area (Å²) in [5.41, 5.74) is 6.99. The van der Waals surface area contributed by atoms with E-state index in [0.29, 0.717) is 114 Å². The number of halogens is 3. The number of allylic oxidation sites excluding steroid dienone is 2. The zero-order chi connectivity index (χ0) is 104. The summed E-state index contributed by atoms with van der Waals surface area (Å²) in [5.74, 6) is 1.75. The number of nitrogens with zero attached hydrogens (tertiary/aromatic N) is 4. The van der Waals surface area contributed by atoms with E-state index in [-0.39, 0.29) is 223 Å². The lowest BCUT2D eigenvalue weighted by atomic mass is 9.78. The monoisotopic (exact) mass is 2100 g/mol. The number of fused-ring (bicyclic) bond motifs is 20. The maximum absolute atomic E-state index is 14.8. The number of Topliss-reactive ketones (excluding diaryl/α,β-unsaturated/α-hetero) is 5. The Kier molecular flexibility index (Phi) is 33.3. The van der Waals surface area contributed by atoms with Crippen LogP contribution in [0.2, 0.25) is 0 Å². The van der Waals surface area contributed by atoms with E-state index >= 15 is 0 Å². The molecule has 20 fully saturated rings. The van der Waals surface area contributed by atoms with Gasteiger partial charge in [-0.05, 0) is 305 Å². The Morgan fingerprint density at radius 1 is 0.497 bits per heavy atom. The second kappa shape index (κ2) is 44.8. The van der Waals surface area contributed by atoms with Gasteiger partial charge in [-0.25, -0.2) is 36.1 Å². The number of pyridine rings is 1. The van der Waals surface area contributed by atoms with Gasteiger partial charge in [-0.3, -0.25) is 71.9 Å². The summed E-state index contributed by atoms with van der Waals surface area (Å²) in [5, 5.41) is 54.3. The lowest BCUT2D eigenvalue weighted by molar-refractivity contribution is -0.150. The fourth-order valence-electron chi connectivity index (χ4n) is 30.5. The highest BCUT2D eigenvalue weighted by molar-refractivity contribution is 9.09. The summed E-state index contributed by atoms with van der Waals surface area (Å²) >= 11 is 3.60. The second-order valence-electron chi connectivity index (χ2n) is 45.7. The predicted octanol–water partition coefficient (Wildman–Crippen LogP) is 13.6. The van der Waals surface area contributed by atoms with Gasteiger partial charge in [0.15, 0.2) is 28.9 Å². The first kappa shape index (κ1) is 108. The minimum absolute atomic E-state index is 0.00569. The highest BCUT2D eigenvalue weighted by Gasteiger charge is 2.62. The summed E-state index contributed by atoms with van der Waals surface area (Å²) < 4.78 is 81.0. The Balaban J connectivity index is 0.000000121. The lowest BCUT2D eigenvalue weighted by Gasteiger charge is -2.26. The quantitative estimate of drug-likeness (QED) is 0.0170. The topological polar surface area (TPSA) is 527 Å². The van der Waals surface area contributed by atoms with E-state index in [1.807, 2.05) is 6.92 Å². The van der Waals surface area contributed by atoms with E-state index in [1.165, 1.54) is 73.0 Å². The first-order chi connectivity index (χ1) is 68.9. The molecule has 1 aromatic carbocycles. The summed E-state index contributed by atoms with van der Waals surface area (Å²) in [6.07, 6.45) is 33.7. The Morgan fingerprint density at radius 2 is 0.966 bits per heavy atom. The van der Waals surface area contributed by atoms with Crippen molar-refractivity contribution in [2.24, 2.45) is 201 Å². The molecule has 0 amide bonds. The SMILES string of the molecule is CC1CC2CC(C(=O)O)C1C2.COC(=O)C1CC2CC(=O)C1C2.COC(=O)C1CC2CC(=O)C1C2.COC(=O)C1CC2CC(CC(=O)C(C)=O)C1C2.COC(=O)C1CC2CC(O)C1C2.Cc1ccc(S(=O)(=O)n2cc(-c3ncc(F)c(CC4CC5CC(C(=O)O)C4C5)n3)c3cc(F)cnc32)cc1.NC1CC2CC(C(=O)O)C1C2.O=C(O)C1CC2C=CC1C2.O=C(O)C1CC2CC(=O)C1C2.O=C1OC2C(Br)C3CC1C2C3. The smallest absolute Gasteiger partial charge is 0.309 e. The number of aromatic nitrogens is 4. The number of carboxylic acid groups (broad SMARTS) is 5. The molecule has 0 spiro atoms. The van der Waals surface area contributed by atoms with Crippen molar-refractivity contribution < 1.29 is 143 Å². The molecule has 788 valence electrons. The third-order valence-electron chi connectivity index (χ3n) is 37.2. The molecule has 8 N–H and O–H groups in total. The number of carbonyl (C=O) groups excluding carboxylic acids is 10. The average molecular weight is 2100 g/mol. The van der Waals surface area contributed by atoms with Crippen molar-refractivity contribution >= 4 is 126 Å².